The van der Waals surface area contributed by atoms with Crippen molar-refractivity contribution in [2.24, 2.45) is 5.73 Å². The molecule has 6 nitrogen and oxygen atoms in total. The molecular formula is C25H29N5O. The Hall–Kier alpha value is -3.22. The van der Waals surface area contributed by atoms with Crippen LogP contribution in [0.2, 0.25) is 0 Å². The van der Waals surface area contributed by atoms with Crippen molar-refractivity contribution in [3.05, 3.63) is 72.7 Å². The minimum absolute atomic E-state index is 0.406. The summed E-state index contributed by atoms with van der Waals surface area (Å²) in [6, 6.07) is 17.5. The highest BCUT2D eigenvalue weighted by atomic mass is 16.1. The summed E-state index contributed by atoms with van der Waals surface area (Å²) in [7, 11) is 1.50. The highest BCUT2D eigenvalue weighted by Crippen LogP contribution is 2.26. The number of anilines is 1. The number of nitrogens with one attached hydrogen (secondary N) is 1. The molecule has 1 saturated heterocycles. The van der Waals surface area contributed by atoms with E-state index in [-0.39, 0.29) is 0 Å². The average Bonchev–Trinajstić information content (AvgIpc) is 3.42. The van der Waals surface area contributed by atoms with Crippen molar-refractivity contribution in [3.63, 3.8) is 0 Å². The molecule has 0 bridgehead atoms. The molecule has 1 fully saturated rings. The second-order valence-electron chi connectivity index (χ2n) is 7.80. The smallest absolute Gasteiger partial charge is 0.139 e. The van der Waals surface area contributed by atoms with E-state index in [4.69, 9.17) is 0 Å². The fourth-order valence-corrected chi connectivity index (χ4v) is 4.39. The second kappa shape index (κ2) is 9.73. The number of pyridine rings is 1. The molecule has 1 aliphatic rings. The van der Waals surface area contributed by atoms with Gasteiger partial charge in [0.2, 0.25) is 0 Å². The van der Waals surface area contributed by atoms with Crippen LogP contribution in [0.1, 0.15) is 12.0 Å². The maximum Gasteiger partial charge on any atom is 0.139 e. The van der Waals surface area contributed by atoms with Crippen molar-refractivity contribution < 1.29 is 4.79 Å². The fraction of sp³-hybridized carbons (Fsp3) is 0.280. The number of nitrogens with two attached hydrogens (primary N) is 1. The van der Waals surface area contributed by atoms with E-state index in [0.29, 0.717) is 12.6 Å². The van der Waals surface area contributed by atoms with Crippen molar-refractivity contribution in [2.45, 2.75) is 25.6 Å². The topological polar surface area (TPSA) is 76.2 Å². The van der Waals surface area contributed by atoms with E-state index >= 15 is 0 Å². The highest BCUT2D eigenvalue weighted by molar-refractivity contribution is 5.93. The van der Waals surface area contributed by atoms with Gasteiger partial charge in [-0.25, -0.2) is 0 Å². The lowest BCUT2D eigenvalue weighted by Gasteiger charge is -2.18. The normalized spacial score (nSPS) is 16.3. The number of likely N-dealkylation sites (tertiary alicyclic amines) is 1. The summed E-state index contributed by atoms with van der Waals surface area (Å²) in [6.07, 6.45) is 7.83. The first kappa shape index (κ1) is 21.0. The molecule has 0 amide bonds. The van der Waals surface area contributed by atoms with Crippen LogP contribution < -0.4 is 11.1 Å². The van der Waals surface area contributed by atoms with Gasteiger partial charge < -0.3 is 20.4 Å². The lowest BCUT2D eigenvalue weighted by Crippen LogP contribution is -2.26. The zero-order valence-corrected chi connectivity index (χ0v) is 17.9. The number of carbonyl (C=O) groups is 1. The van der Waals surface area contributed by atoms with Gasteiger partial charge in [-0.1, -0.05) is 24.3 Å². The number of aldehydes is 1. The quantitative estimate of drug-likeness (QED) is 0.470. The predicted molar refractivity (Wildman–Crippen MR) is 127 cm³/mol. The van der Waals surface area contributed by atoms with Gasteiger partial charge in [0, 0.05) is 66.2 Å². The molecule has 5 rings (SSSR count). The van der Waals surface area contributed by atoms with E-state index in [9.17, 15) is 4.79 Å². The minimum Gasteiger partial charge on any atom is -0.380 e. The zero-order chi connectivity index (χ0) is 21.6. The van der Waals surface area contributed by atoms with Crippen molar-refractivity contribution in [1.29, 1.82) is 0 Å². The van der Waals surface area contributed by atoms with Gasteiger partial charge in [-0.05, 0) is 48.7 Å². The zero-order valence-electron chi connectivity index (χ0n) is 17.9. The second-order valence-corrected chi connectivity index (χ2v) is 7.80. The van der Waals surface area contributed by atoms with Gasteiger partial charge >= 0.3 is 0 Å². The number of carbonyl (C=O) groups excluding carboxylic acids is 1. The number of rotatable bonds is 6. The third-order valence-corrected chi connectivity index (χ3v) is 5.83. The van der Waals surface area contributed by atoms with E-state index in [1.165, 1.54) is 34.5 Å². The Morgan fingerprint density at radius 1 is 1.16 bits per heavy atom. The molecule has 4 aromatic rings. The summed E-state index contributed by atoms with van der Waals surface area (Å²) < 4.78 is 2.01. The molecule has 0 saturated carbocycles. The fourth-order valence-electron chi connectivity index (χ4n) is 4.39. The summed E-state index contributed by atoms with van der Waals surface area (Å²) in [5, 5.41) is 7.31. The monoisotopic (exact) mass is 415 g/mol. The molecular weight excluding hydrogens is 386 g/mol. The SMILES string of the molecule is CN.O=CCn1ccc2ccc(CN3CC[C@@H](Nc4cccc5cnccc45)C3)cc21. The largest absolute Gasteiger partial charge is 0.380 e. The van der Waals surface area contributed by atoms with Gasteiger partial charge in [0.25, 0.3) is 0 Å². The summed E-state index contributed by atoms with van der Waals surface area (Å²) >= 11 is 0. The predicted octanol–water partition coefficient (Wildman–Crippen LogP) is 3.65. The van der Waals surface area contributed by atoms with E-state index in [1.807, 2.05) is 23.2 Å². The van der Waals surface area contributed by atoms with Crippen molar-refractivity contribution in [1.82, 2.24) is 14.5 Å². The van der Waals surface area contributed by atoms with Crippen LogP contribution in [-0.2, 0) is 17.9 Å². The van der Waals surface area contributed by atoms with Gasteiger partial charge in [0.05, 0.1) is 6.54 Å². The lowest BCUT2D eigenvalue weighted by atomic mass is 10.1. The Labute approximate surface area is 182 Å². The van der Waals surface area contributed by atoms with Gasteiger partial charge in [0.15, 0.2) is 0 Å². The van der Waals surface area contributed by atoms with Gasteiger partial charge in [0.1, 0.15) is 6.29 Å². The van der Waals surface area contributed by atoms with Crippen LogP contribution in [0.5, 0.6) is 0 Å². The summed E-state index contributed by atoms with van der Waals surface area (Å²) in [6.45, 7) is 3.44. The summed E-state index contributed by atoms with van der Waals surface area (Å²) in [4.78, 5) is 17.6. The van der Waals surface area contributed by atoms with E-state index in [0.717, 1.165) is 37.9 Å². The van der Waals surface area contributed by atoms with Crippen molar-refractivity contribution in [3.8, 4) is 0 Å². The van der Waals surface area contributed by atoms with E-state index in [1.54, 1.807) is 0 Å². The Balaban J connectivity index is 0.00000112. The third-order valence-electron chi connectivity index (χ3n) is 5.83. The summed E-state index contributed by atoms with van der Waals surface area (Å²) in [5.41, 5.74) is 8.11. The highest BCUT2D eigenvalue weighted by Gasteiger charge is 2.23. The molecule has 0 radical (unpaired) electrons. The van der Waals surface area contributed by atoms with Gasteiger partial charge in [-0.2, -0.15) is 0 Å². The Morgan fingerprint density at radius 2 is 2.06 bits per heavy atom. The van der Waals surface area contributed by atoms with Crippen LogP contribution >= 0.6 is 0 Å². The Kier molecular flexibility index (Phi) is 6.60. The van der Waals surface area contributed by atoms with Crippen LogP contribution in [0.15, 0.2) is 67.1 Å². The molecule has 31 heavy (non-hydrogen) atoms. The molecule has 6 heteroatoms. The van der Waals surface area contributed by atoms with Crippen molar-refractivity contribution in [2.75, 3.05) is 25.5 Å². The van der Waals surface area contributed by atoms with Crippen LogP contribution in [0.25, 0.3) is 21.7 Å². The molecule has 3 heterocycles. The molecule has 2 aromatic heterocycles. The first-order valence-corrected chi connectivity index (χ1v) is 10.7. The van der Waals surface area contributed by atoms with E-state index < -0.39 is 0 Å². The van der Waals surface area contributed by atoms with Crippen LogP contribution in [0.3, 0.4) is 0 Å². The van der Waals surface area contributed by atoms with Gasteiger partial charge in [-0.15, -0.1) is 0 Å². The number of aromatic nitrogens is 2. The molecule has 0 spiro atoms. The molecule has 1 aliphatic heterocycles. The third kappa shape index (κ3) is 4.60. The average molecular weight is 416 g/mol. The number of hydrogen-bond donors (Lipinski definition) is 2. The van der Waals surface area contributed by atoms with Crippen LogP contribution in [0.4, 0.5) is 5.69 Å². The van der Waals surface area contributed by atoms with E-state index in [2.05, 4.69) is 69.5 Å². The molecule has 0 unspecified atom stereocenters. The van der Waals surface area contributed by atoms with Gasteiger partial charge in [-0.3, -0.25) is 9.88 Å². The lowest BCUT2D eigenvalue weighted by molar-refractivity contribution is -0.108. The first-order valence-electron chi connectivity index (χ1n) is 10.7. The molecule has 160 valence electrons. The number of fused-ring (bicyclic) bond motifs is 2. The van der Waals surface area contributed by atoms with Crippen LogP contribution in [-0.4, -0.2) is 46.9 Å². The first-order chi connectivity index (χ1) is 15.3. The standard InChI is InChI=1S/C24H24N4O.CH5N/c29-13-12-28-11-7-19-5-4-18(14-24(19)28)16-27-10-8-21(17-27)26-23-3-1-2-20-15-25-9-6-22(20)23;1-2/h1-7,9,11,13-15,21,26H,8,10,12,16-17H2;2H2,1H3/t21-;/m1./s1. The molecule has 1 atom stereocenters. The van der Waals surface area contributed by atoms with Crippen LogP contribution in [0, 0.1) is 0 Å². The van der Waals surface area contributed by atoms with Crippen molar-refractivity contribution >= 4 is 33.6 Å². The molecule has 0 aliphatic carbocycles. The number of nitrogens with zero attached hydrogens (tertiary/aromatic N) is 3. The molecule has 3 N–H and O–H groups in total. The number of benzene rings is 2. The molecule has 2 aromatic carbocycles. The maximum absolute atomic E-state index is 10.9. The Bertz CT molecular complexity index is 1160. The Morgan fingerprint density at radius 3 is 2.94 bits per heavy atom. The number of hydrogen-bond acceptors (Lipinski definition) is 5. The maximum atomic E-state index is 10.9. The summed E-state index contributed by atoms with van der Waals surface area (Å²) in [5.74, 6) is 0. The minimum atomic E-state index is 0.406.